The summed E-state index contributed by atoms with van der Waals surface area (Å²) in [6, 6.07) is -0.590. The highest BCUT2D eigenvalue weighted by Gasteiger charge is 2.28. The van der Waals surface area contributed by atoms with Gasteiger partial charge in [-0.2, -0.15) is 0 Å². The third-order valence-electron chi connectivity index (χ3n) is 2.62. The second-order valence-corrected chi connectivity index (χ2v) is 8.35. The molecule has 0 spiro atoms. The molecule has 0 saturated carbocycles. The molecule has 0 rings (SSSR count). The van der Waals surface area contributed by atoms with Crippen LogP contribution in [0.5, 0.6) is 0 Å². The van der Waals surface area contributed by atoms with Gasteiger partial charge in [-0.05, 0) is 26.7 Å². The number of hydrogen-bond donors (Lipinski definition) is 2. The molecule has 0 heterocycles. The topological polar surface area (TPSA) is 89.3 Å². The fourth-order valence-electron chi connectivity index (χ4n) is 1.04. The second-order valence-electron chi connectivity index (χ2n) is 5.49. The van der Waals surface area contributed by atoms with E-state index in [4.69, 9.17) is 5.73 Å². The summed E-state index contributed by atoms with van der Waals surface area (Å²) in [4.78, 5) is 11.5. The van der Waals surface area contributed by atoms with E-state index in [0.29, 0.717) is 0 Å². The molecule has 5 nitrogen and oxygen atoms in total. The van der Waals surface area contributed by atoms with E-state index in [9.17, 15) is 13.2 Å². The van der Waals surface area contributed by atoms with Gasteiger partial charge in [-0.15, -0.1) is 12.4 Å². The average Bonchev–Trinajstić information content (AvgIpc) is 2.14. The van der Waals surface area contributed by atoms with Crippen LogP contribution in [0.25, 0.3) is 0 Å². The lowest BCUT2D eigenvalue weighted by Gasteiger charge is -2.20. The molecule has 0 bridgehead atoms. The number of rotatable bonds is 5. The lowest BCUT2D eigenvalue weighted by molar-refractivity contribution is -0.123. The number of sulfone groups is 1. The van der Waals surface area contributed by atoms with E-state index < -0.39 is 20.6 Å². The molecule has 0 unspecified atom stereocenters. The van der Waals surface area contributed by atoms with Crippen molar-refractivity contribution in [2.75, 3.05) is 12.3 Å². The maximum atomic E-state index is 11.8. The Morgan fingerprint density at radius 2 is 1.72 bits per heavy atom. The van der Waals surface area contributed by atoms with Crippen LogP contribution in [0.2, 0.25) is 0 Å². The highest BCUT2D eigenvalue weighted by Crippen LogP contribution is 2.15. The Bertz CT molecular complexity index is 361. The van der Waals surface area contributed by atoms with Crippen molar-refractivity contribution in [2.45, 2.75) is 45.4 Å². The SMILES string of the molecule is CC(C)[C@H](N)C(=O)NCCS(=O)(=O)C(C)(C)C.Cl. The minimum atomic E-state index is -3.19. The molecule has 3 N–H and O–H groups in total. The minimum absolute atomic E-state index is 0. The van der Waals surface area contributed by atoms with E-state index in [1.54, 1.807) is 20.8 Å². The highest BCUT2D eigenvalue weighted by molar-refractivity contribution is 7.92. The molecule has 0 aliphatic carbocycles. The number of hydrogen-bond acceptors (Lipinski definition) is 4. The first-order chi connectivity index (χ1) is 7.49. The quantitative estimate of drug-likeness (QED) is 0.783. The molecule has 18 heavy (non-hydrogen) atoms. The molecule has 0 saturated heterocycles. The van der Waals surface area contributed by atoms with Gasteiger partial charge in [-0.25, -0.2) is 8.42 Å². The summed E-state index contributed by atoms with van der Waals surface area (Å²) in [5.41, 5.74) is 5.63. The Labute approximate surface area is 116 Å². The van der Waals surface area contributed by atoms with E-state index in [1.807, 2.05) is 13.8 Å². The van der Waals surface area contributed by atoms with Crippen molar-refractivity contribution in [1.82, 2.24) is 5.32 Å². The zero-order valence-corrected chi connectivity index (χ0v) is 13.3. The molecule has 0 radical (unpaired) electrons. The molecule has 0 aliphatic rings. The van der Waals surface area contributed by atoms with Crippen LogP contribution < -0.4 is 11.1 Å². The number of halogens is 1. The lowest BCUT2D eigenvalue weighted by atomic mass is 10.1. The van der Waals surface area contributed by atoms with Crippen molar-refractivity contribution in [2.24, 2.45) is 11.7 Å². The molecule has 0 aromatic rings. The fourth-order valence-corrected chi connectivity index (χ4v) is 2.02. The molecule has 0 aliphatic heterocycles. The first-order valence-corrected chi connectivity index (χ1v) is 7.40. The average molecular weight is 301 g/mol. The molecule has 0 aromatic carbocycles. The first kappa shape index (κ1) is 20.0. The van der Waals surface area contributed by atoms with Crippen molar-refractivity contribution in [1.29, 1.82) is 0 Å². The van der Waals surface area contributed by atoms with Gasteiger partial charge in [0.05, 0.1) is 16.5 Å². The monoisotopic (exact) mass is 300 g/mol. The molecule has 1 atom stereocenters. The Hall–Kier alpha value is -0.330. The van der Waals surface area contributed by atoms with Gasteiger partial charge in [-0.3, -0.25) is 4.79 Å². The van der Waals surface area contributed by atoms with Gasteiger partial charge in [0.1, 0.15) is 0 Å². The summed E-state index contributed by atoms with van der Waals surface area (Å²) in [5.74, 6) is -0.328. The maximum Gasteiger partial charge on any atom is 0.237 e. The summed E-state index contributed by atoms with van der Waals surface area (Å²) >= 11 is 0. The summed E-state index contributed by atoms with van der Waals surface area (Å²) in [7, 11) is -3.19. The van der Waals surface area contributed by atoms with Crippen LogP contribution in [0.3, 0.4) is 0 Å². The number of carbonyl (C=O) groups excluding carboxylic acids is 1. The van der Waals surface area contributed by atoms with Crippen molar-refractivity contribution < 1.29 is 13.2 Å². The number of carbonyl (C=O) groups is 1. The molecule has 7 heteroatoms. The van der Waals surface area contributed by atoms with Crippen LogP contribution in [-0.4, -0.2) is 37.4 Å². The van der Waals surface area contributed by atoms with Gasteiger partial charge < -0.3 is 11.1 Å². The number of nitrogens with one attached hydrogen (secondary N) is 1. The number of amides is 1. The van der Waals surface area contributed by atoms with Crippen LogP contribution in [0.1, 0.15) is 34.6 Å². The molecule has 0 aromatic heterocycles. The van der Waals surface area contributed by atoms with Crippen molar-refractivity contribution in [3.8, 4) is 0 Å². The molecule has 0 fully saturated rings. The van der Waals surface area contributed by atoms with Crippen LogP contribution in [-0.2, 0) is 14.6 Å². The summed E-state index contributed by atoms with van der Waals surface area (Å²) in [6.07, 6.45) is 0. The molecular weight excluding hydrogens is 276 g/mol. The molecule has 1 amide bonds. The predicted molar refractivity (Wildman–Crippen MR) is 76.6 cm³/mol. The van der Waals surface area contributed by atoms with E-state index in [2.05, 4.69) is 5.32 Å². The smallest absolute Gasteiger partial charge is 0.237 e. The van der Waals surface area contributed by atoms with Crippen molar-refractivity contribution in [3.63, 3.8) is 0 Å². The molecule has 110 valence electrons. The normalized spacial score (nSPS) is 13.9. The van der Waals surface area contributed by atoms with Gasteiger partial charge in [-0.1, -0.05) is 13.8 Å². The van der Waals surface area contributed by atoms with Crippen molar-refractivity contribution >= 4 is 28.2 Å². The van der Waals surface area contributed by atoms with Gasteiger partial charge >= 0.3 is 0 Å². The zero-order valence-electron chi connectivity index (χ0n) is 11.7. The first-order valence-electron chi connectivity index (χ1n) is 5.74. The van der Waals surface area contributed by atoms with Crippen LogP contribution in [0.4, 0.5) is 0 Å². The van der Waals surface area contributed by atoms with Gasteiger partial charge in [0.25, 0.3) is 0 Å². The fraction of sp³-hybridized carbons (Fsp3) is 0.909. The lowest BCUT2D eigenvalue weighted by Crippen LogP contribution is -2.46. The van der Waals surface area contributed by atoms with Gasteiger partial charge in [0.2, 0.25) is 5.91 Å². The summed E-state index contributed by atoms with van der Waals surface area (Å²) < 4.78 is 22.7. The van der Waals surface area contributed by atoms with Crippen LogP contribution in [0.15, 0.2) is 0 Å². The maximum absolute atomic E-state index is 11.8. The minimum Gasteiger partial charge on any atom is -0.354 e. The zero-order chi connectivity index (χ0) is 13.9. The van der Waals surface area contributed by atoms with E-state index >= 15 is 0 Å². The number of nitrogens with two attached hydrogens (primary N) is 1. The van der Waals surface area contributed by atoms with Gasteiger partial charge in [0.15, 0.2) is 9.84 Å². The third-order valence-corrected chi connectivity index (χ3v) is 5.23. The Kier molecular flexibility index (Phi) is 8.12. The van der Waals surface area contributed by atoms with Gasteiger partial charge in [0, 0.05) is 6.54 Å². The van der Waals surface area contributed by atoms with E-state index in [1.165, 1.54) is 0 Å². The Morgan fingerprint density at radius 3 is 2.06 bits per heavy atom. The third kappa shape index (κ3) is 6.02. The second kappa shape index (κ2) is 7.31. The highest BCUT2D eigenvalue weighted by atomic mass is 35.5. The van der Waals surface area contributed by atoms with Crippen LogP contribution in [0, 0.1) is 5.92 Å². The van der Waals surface area contributed by atoms with Crippen LogP contribution >= 0.6 is 12.4 Å². The summed E-state index contributed by atoms with van der Waals surface area (Å²) in [6.45, 7) is 8.73. The summed E-state index contributed by atoms with van der Waals surface area (Å²) in [5, 5.41) is 2.55. The van der Waals surface area contributed by atoms with Crippen molar-refractivity contribution in [3.05, 3.63) is 0 Å². The Morgan fingerprint density at radius 1 is 1.28 bits per heavy atom. The largest absolute Gasteiger partial charge is 0.354 e. The predicted octanol–water partition coefficient (Wildman–Crippen LogP) is 0.721. The van der Waals surface area contributed by atoms with E-state index in [0.717, 1.165) is 0 Å². The van der Waals surface area contributed by atoms with E-state index in [-0.39, 0.29) is 36.5 Å². The standard InChI is InChI=1S/C11H24N2O3S.ClH/c1-8(2)9(12)10(14)13-6-7-17(15,16)11(3,4)5;/h8-9H,6-7,12H2,1-5H3,(H,13,14);1H/t9-;/m0./s1. The Balaban J connectivity index is 0. The molecular formula is C11H25ClN2O3S.